The topological polar surface area (TPSA) is 90.9 Å². The van der Waals surface area contributed by atoms with Gasteiger partial charge < -0.3 is 10.4 Å². The van der Waals surface area contributed by atoms with Crippen molar-refractivity contribution in [2.75, 3.05) is 5.32 Å². The number of thiazole rings is 1. The van der Waals surface area contributed by atoms with E-state index in [2.05, 4.69) is 20.5 Å². The predicted molar refractivity (Wildman–Crippen MR) is 65.2 cm³/mol. The smallest absolute Gasteiger partial charge is 0.355 e. The molecule has 0 unspecified atom stereocenters. The van der Waals surface area contributed by atoms with Crippen LogP contribution in [0, 0.1) is 20.8 Å². The molecule has 7 heteroatoms. The molecule has 0 fully saturated rings. The molecule has 2 rings (SSSR count). The van der Waals surface area contributed by atoms with E-state index in [4.69, 9.17) is 5.11 Å². The fraction of sp³-hybridized carbons (Fsp3) is 0.300. The van der Waals surface area contributed by atoms with E-state index >= 15 is 0 Å². The van der Waals surface area contributed by atoms with Gasteiger partial charge in [-0.05, 0) is 20.8 Å². The Labute approximate surface area is 102 Å². The van der Waals surface area contributed by atoms with Gasteiger partial charge in [-0.2, -0.15) is 5.10 Å². The summed E-state index contributed by atoms with van der Waals surface area (Å²) in [4.78, 5) is 15.6. The molecule has 2 aromatic rings. The molecule has 17 heavy (non-hydrogen) atoms. The van der Waals surface area contributed by atoms with Crippen LogP contribution in [0.2, 0.25) is 0 Å². The van der Waals surface area contributed by atoms with Crippen molar-refractivity contribution in [2.24, 2.45) is 0 Å². The number of carbonyl (C=O) groups is 1. The number of aromatic amines is 1. The second kappa shape index (κ2) is 4.17. The van der Waals surface area contributed by atoms with Gasteiger partial charge in [0.1, 0.15) is 0 Å². The molecule has 2 aromatic heterocycles. The molecule has 0 aliphatic rings. The molecule has 0 radical (unpaired) electrons. The van der Waals surface area contributed by atoms with Gasteiger partial charge in [0.05, 0.1) is 17.1 Å². The highest BCUT2D eigenvalue weighted by atomic mass is 32.1. The maximum absolute atomic E-state index is 10.9. The number of hydrogen-bond donors (Lipinski definition) is 3. The predicted octanol–water partition coefficient (Wildman–Crippen LogP) is 2.23. The van der Waals surface area contributed by atoms with Gasteiger partial charge in [0.15, 0.2) is 10.8 Å². The Morgan fingerprint density at radius 3 is 2.59 bits per heavy atom. The number of nitrogens with zero attached hydrogens (tertiary/aromatic N) is 2. The number of rotatable bonds is 3. The van der Waals surface area contributed by atoms with Crippen LogP contribution in [0.25, 0.3) is 0 Å². The Morgan fingerprint density at radius 2 is 2.12 bits per heavy atom. The van der Waals surface area contributed by atoms with E-state index in [1.165, 1.54) is 11.3 Å². The average molecular weight is 252 g/mol. The molecule has 90 valence electrons. The third-order valence-corrected chi connectivity index (χ3v) is 3.25. The number of aromatic nitrogens is 3. The number of aromatic carboxylic acids is 1. The molecule has 0 atom stereocenters. The minimum Gasteiger partial charge on any atom is -0.476 e. The summed E-state index contributed by atoms with van der Waals surface area (Å²) in [5.74, 6) is -1.01. The normalized spacial score (nSPS) is 10.5. The highest BCUT2D eigenvalue weighted by Gasteiger charge is 2.15. The zero-order chi connectivity index (χ0) is 12.6. The van der Waals surface area contributed by atoms with Gasteiger partial charge in [-0.25, -0.2) is 9.78 Å². The molecular weight excluding hydrogens is 240 g/mol. The van der Waals surface area contributed by atoms with Gasteiger partial charge >= 0.3 is 5.97 Å². The molecule has 0 saturated heterocycles. The SMILES string of the molecule is Cc1n[nH]c(C)c1Nc1nc(C(=O)O)c(C)s1. The summed E-state index contributed by atoms with van der Waals surface area (Å²) in [6, 6.07) is 0. The van der Waals surface area contributed by atoms with Crippen LogP contribution in [0.15, 0.2) is 0 Å². The molecule has 0 aliphatic carbocycles. The van der Waals surface area contributed by atoms with Crippen molar-refractivity contribution in [1.29, 1.82) is 0 Å². The van der Waals surface area contributed by atoms with E-state index in [0.29, 0.717) is 10.0 Å². The van der Waals surface area contributed by atoms with Gasteiger partial charge in [-0.1, -0.05) is 0 Å². The van der Waals surface area contributed by atoms with Gasteiger partial charge in [0, 0.05) is 4.88 Å². The van der Waals surface area contributed by atoms with Crippen LogP contribution in [0.3, 0.4) is 0 Å². The monoisotopic (exact) mass is 252 g/mol. The van der Waals surface area contributed by atoms with E-state index in [9.17, 15) is 4.79 Å². The van der Waals surface area contributed by atoms with Crippen LogP contribution in [0.4, 0.5) is 10.8 Å². The first-order valence-electron chi connectivity index (χ1n) is 4.98. The molecule has 0 aliphatic heterocycles. The Hall–Kier alpha value is -1.89. The molecule has 2 heterocycles. The Bertz CT molecular complexity index is 553. The van der Waals surface area contributed by atoms with Crippen molar-refractivity contribution in [2.45, 2.75) is 20.8 Å². The van der Waals surface area contributed by atoms with Crippen molar-refractivity contribution in [1.82, 2.24) is 15.2 Å². The molecule has 6 nitrogen and oxygen atoms in total. The summed E-state index contributed by atoms with van der Waals surface area (Å²) in [6.45, 7) is 5.49. The third kappa shape index (κ3) is 2.14. The van der Waals surface area contributed by atoms with E-state index in [1.54, 1.807) is 6.92 Å². The lowest BCUT2D eigenvalue weighted by molar-refractivity contribution is 0.0690. The number of carboxylic acids is 1. The number of H-pyrrole nitrogens is 1. The number of anilines is 2. The lowest BCUT2D eigenvalue weighted by Crippen LogP contribution is -1.99. The van der Waals surface area contributed by atoms with Crippen LogP contribution >= 0.6 is 11.3 Å². The van der Waals surface area contributed by atoms with Gasteiger partial charge in [0.2, 0.25) is 0 Å². The average Bonchev–Trinajstić information content (AvgIpc) is 2.76. The molecular formula is C10H12N4O2S. The molecule has 0 spiro atoms. The molecule has 0 bridgehead atoms. The number of nitrogens with one attached hydrogen (secondary N) is 2. The summed E-state index contributed by atoms with van der Waals surface area (Å²) in [7, 11) is 0. The number of aryl methyl sites for hydroxylation is 3. The molecule has 0 saturated carbocycles. The Balaban J connectivity index is 2.31. The van der Waals surface area contributed by atoms with Crippen molar-refractivity contribution in [3.8, 4) is 0 Å². The highest BCUT2D eigenvalue weighted by Crippen LogP contribution is 2.27. The molecule has 0 amide bonds. The van der Waals surface area contributed by atoms with Crippen LogP contribution in [0.5, 0.6) is 0 Å². The lowest BCUT2D eigenvalue weighted by Gasteiger charge is -2.00. The first-order valence-corrected chi connectivity index (χ1v) is 5.80. The van der Waals surface area contributed by atoms with Crippen LogP contribution in [-0.2, 0) is 0 Å². The van der Waals surface area contributed by atoms with E-state index < -0.39 is 5.97 Å². The molecule has 0 aromatic carbocycles. The standard InChI is InChI=1S/C10H12N4O2S/c1-4-7(5(2)14-13-4)11-10-12-8(9(15)16)6(3)17-10/h1-3H3,(H,11,12)(H,13,14)(H,15,16). The van der Waals surface area contributed by atoms with Crippen LogP contribution in [-0.4, -0.2) is 26.3 Å². The quantitative estimate of drug-likeness (QED) is 0.779. The largest absolute Gasteiger partial charge is 0.476 e. The second-order valence-corrected chi connectivity index (χ2v) is 4.87. The zero-order valence-electron chi connectivity index (χ0n) is 9.66. The summed E-state index contributed by atoms with van der Waals surface area (Å²) in [5.41, 5.74) is 2.66. The first-order chi connectivity index (χ1) is 7.99. The van der Waals surface area contributed by atoms with Crippen LogP contribution < -0.4 is 5.32 Å². The second-order valence-electron chi connectivity index (χ2n) is 3.66. The lowest BCUT2D eigenvalue weighted by atomic mass is 10.3. The van der Waals surface area contributed by atoms with E-state index in [-0.39, 0.29) is 5.69 Å². The first kappa shape index (κ1) is 11.6. The minimum absolute atomic E-state index is 0.0938. The maximum Gasteiger partial charge on any atom is 0.355 e. The zero-order valence-corrected chi connectivity index (χ0v) is 10.5. The van der Waals surface area contributed by atoms with Crippen LogP contribution in [0.1, 0.15) is 26.8 Å². The van der Waals surface area contributed by atoms with Crippen molar-refractivity contribution in [3.05, 3.63) is 22.0 Å². The Morgan fingerprint density at radius 1 is 1.41 bits per heavy atom. The van der Waals surface area contributed by atoms with E-state index in [0.717, 1.165) is 17.1 Å². The minimum atomic E-state index is -1.01. The number of hydrogen-bond acceptors (Lipinski definition) is 5. The third-order valence-electron chi connectivity index (χ3n) is 2.36. The summed E-state index contributed by atoms with van der Waals surface area (Å²) >= 11 is 1.31. The fourth-order valence-electron chi connectivity index (χ4n) is 1.49. The van der Waals surface area contributed by atoms with Gasteiger partial charge in [-0.15, -0.1) is 11.3 Å². The van der Waals surface area contributed by atoms with Gasteiger partial charge in [-0.3, -0.25) is 5.10 Å². The highest BCUT2D eigenvalue weighted by molar-refractivity contribution is 7.15. The van der Waals surface area contributed by atoms with Crippen molar-refractivity contribution < 1.29 is 9.90 Å². The maximum atomic E-state index is 10.9. The fourth-order valence-corrected chi connectivity index (χ4v) is 2.30. The van der Waals surface area contributed by atoms with Gasteiger partial charge in [0.25, 0.3) is 0 Å². The van der Waals surface area contributed by atoms with Crippen molar-refractivity contribution in [3.63, 3.8) is 0 Å². The summed E-state index contributed by atoms with van der Waals surface area (Å²) in [5, 5.41) is 19.5. The Kier molecular flexibility index (Phi) is 2.84. The molecule has 3 N–H and O–H groups in total. The van der Waals surface area contributed by atoms with Crippen molar-refractivity contribution >= 4 is 28.1 Å². The summed E-state index contributed by atoms with van der Waals surface area (Å²) < 4.78 is 0. The number of carboxylic acid groups (broad SMARTS) is 1. The van der Waals surface area contributed by atoms with E-state index in [1.807, 2.05) is 13.8 Å². The summed E-state index contributed by atoms with van der Waals surface area (Å²) in [6.07, 6.45) is 0.